The second kappa shape index (κ2) is 3.11. The van der Waals surface area contributed by atoms with Crippen molar-refractivity contribution in [2.45, 2.75) is 6.10 Å². The monoisotopic (exact) mass is 194 g/mol. The summed E-state index contributed by atoms with van der Waals surface area (Å²) in [5.74, 6) is 0.336. The van der Waals surface area contributed by atoms with E-state index in [1.165, 1.54) is 17.2 Å². The minimum Gasteiger partial charge on any atom is -0.384 e. The fourth-order valence-corrected chi connectivity index (χ4v) is 1.17. The van der Waals surface area contributed by atoms with E-state index in [2.05, 4.69) is 20.4 Å². The Labute approximate surface area is 79.5 Å². The molecule has 0 radical (unpaired) electrons. The fraction of sp³-hybridized carbons (Fsp3) is 0.286. The van der Waals surface area contributed by atoms with Crippen LogP contribution in [0, 0.1) is 0 Å². The minimum absolute atomic E-state index is 0.336. The number of hydrogen-bond acceptors (Lipinski definition) is 5. The summed E-state index contributed by atoms with van der Waals surface area (Å²) in [6.45, 7) is 0. The smallest absolute Gasteiger partial charge is 0.130 e. The molecule has 0 saturated carbocycles. The number of aromatic amines is 1. The number of aliphatic hydroxyl groups excluding tert-OH is 1. The van der Waals surface area contributed by atoms with Gasteiger partial charge in [0.1, 0.15) is 17.6 Å². The molecule has 0 aromatic carbocycles. The first kappa shape index (κ1) is 8.70. The van der Waals surface area contributed by atoms with Crippen molar-refractivity contribution in [1.29, 1.82) is 0 Å². The van der Waals surface area contributed by atoms with Gasteiger partial charge in [-0.05, 0) is 0 Å². The van der Waals surface area contributed by atoms with E-state index in [1.54, 1.807) is 7.05 Å². The molecule has 2 aromatic heterocycles. The highest BCUT2D eigenvalue weighted by atomic mass is 16.3. The summed E-state index contributed by atoms with van der Waals surface area (Å²) < 4.78 is 0. The summed E-state index contributed by atoms with van der Waals surface area (Å²) in [6.07, 6.45) is 2.06. The van der Waals surface area contributed by atoms with Gasteiger partial charge < -0.3 is 10.8 Å². The van der Waals surface area contributed by atoms with Crippen molar-refractivity contribution in [3.05, 3.63) is 23.7 Å². The van der Waals surface area contributed by atoms with Gasteiger partial charge in [-0.15, -0.1) is 0 Å². The lowest BCUT2D eigenvalue weighted by molar-refractivity contribution is 0.215. The van der Waals surface area contributed by atoms with Crippen LogP contribution in [0.25, 0.3) is 0 Å². The van der Waals surface area contributed by atoms with E-state index in [-0.39, 0.29) is 0 Å². The SMILES string of the molecule is Cn1ncc(C(O)c2cn[nH]c2N)n1. The lowest BCUT2D eigenvalue weighted by Crippen LogP contribution is -2.03. The quantitative estimate of drug-likeness (QED) is 0.580. The molecule has 1 unspecified atom stereocenters. The first-order valence-corrected chi connectivity index (χ1v) is 4.01. The number of aliphatic hydroxyl groups is 1. The topological polar surface area (TPSA) is 106 Å². The Morgan fingerprint density at radius 2 is 2.36 bits per heavy atom. The second-order valence-corrected chi connectivity index (χ2v) is 2.90. The van der Waals surface area contributed by atoms with Crippen LogP contribution in [-0.2, 0) is 7.05 Å². The number of nitrogens with one attached hydrogen (secondary N) is 1. The fourth-order valence-electron chi connectivity index (χ4n) is 1.17. The van der Waals surface area contributed by atoms with E-state index in [1.807, 2.05) is 0 Å². The van der Waals surface area contributed by atoms with Gasteiger partial charge in [-0.1, -0.05) is 0 Å². The van der Waals surface area contributed by atoms with Crippen LogP contribution in [0.2, 0.25) is 0 Å². The minimum atomic E-state index is -0.887. The molecule has 2 aromatic rings. The highest BCUT2D eigenvalue weighted by Gasteiger charge is 2.17. The van der Waals surface area contributed by atoms with Crippen LogP contribution in [0.1, 0.15) is 17.4 Å². The molecule has 7 heteroatoms. The molecule has 4 N–H and O–H groups in total. The number of aromatic nitrogens is 5. The van der Waals surface area contributed by atoms with Crippen molar-refractivity contribution in [3.63, 3.8) is 0 Å². The Balaban J connectivity index is 2.33. The Morgan fingerprint density at radius 1 is 1.57 bits per heavy atom. The maximum absolute atomic E-state index is 9.82. The first-order chi connectivity index (χ1) is 6.68. The molecule has 14 heavy (non-hydrogen) atoms. The number of H-pyrrole nitrogens is 1. The lowest BCUT2D eigenvalue weighted by atomic mass is 10.1. The van der Waals surface area contributed by atoms with E-state index >= 15 is 0 Å². The van der Waals surface area contributed by atoms with Gasteiger partial charge in [-0.25, -0.2) is 0 Å². The Bertz CT molecular complexity index is 433. The van der Waals surface area contributed by atoms with Crippen molar-refractivity contribution in [2.75, 3.05) is 5.73 Å². The molecule has 1 atom stereocenters. The zero-order chi connectivity index (χ0) is 10.1. The number of nitrogen functional groups attached to an aromatic ring is 1. The zero-order valence-corrected chi connectivity index (χ0v) is 7.55. The maximum Gasteiger partial charge on any atom is 0.130 e. The van der Waals surface area contributed by atoms with Crippen molar-refractivity contribution < 1.29 is 5.11 Å². The van der Waals surface area contributed by atoms with Crippen LogP contribution in [0.4, 0.5) is 5.82 Å². The predicted molar refractivity (Wildman–Crippen MR) is 48.1 cm³/mol. The van der Waals surface area contributed by atoms with Gasteiger partial charge >= 0.3 is 0 Å². The molecule has 2 rings (SSSR count). The predicted octanol–water partition coefficient (Wildman–Crippen LogP) is -0.798. The molecule has 0 saturated heterocycles. The van der Waals surface area contributed by atoms with E-state index < -0.39 is 6.10 Å². The Hall–Kier alpha value is -1.89. The van der Waals surface area contributed by atoms with Crippen LogP contribution in [0.3, 0.4) is 0 Å². The van der Waals surface area contributed by atoms with Gasteiger partial charge in [0.2, 0.25) is 0 Å². The molecule has 0 bridgehead atoms. The summed E-state index contributed by atoms with van der Waals surface area (Å²) >= 11 is 0. The molecule has 0 amide bonds. The number of aryl methyl sites for hydroxylation is 1. The third-order valence-corrected chi connectivity index (χ3v) is 1.89. The Kier molecular flexibility index (Phi) is 1.93. The first-order valence-electron chi connectivity index (χ1n) is 4.01. The largest absolute Gasteiger partial charge is 0.384 e. The van der Waals surface area contributed by atoms with Crippen molar-refractivity contribution >= 4 is 5.82 Å². The van der Waals surface area contributed by atoms with Gasteiger partial charge in [-0.3, -0.25) is 5.10 Å². The number of hydrogen-bond donors (Lipinski definition) is 3. The normalized spacial score (nSPS) is 13.0. The molecule has 2 heterocycles. The van der Waals surface area contributed by atoms with E-state index in [9.17, 15) is 5.11 Å². The van der Waals surface area contributed by atoms with E-state index in [4.69, 9.17) is 5.73 Å². The van der Waals surface area contributed by atoms with Crippen LogP contribution in [-0.4, -0.2) is 30.3 Å². The van der Waals surface area contributed by atoms with E-state index in [0.29, 0.717) is 17.1 Å². The highest BCUT2D eigenvalue weighted by molar-refractivity contribution is 5.41. The van der Waals surface area contributed by atoms with Gasteiger partial charge in [0.05, 0.1) is 12.4 Å². The van der Waals surface area contributed by atoms with Gasteiger partial charge in [-0.2, -0.15) is 20.1 Å². The van der Waals surface area contributed by atoms with Crippen LogP contribution < -0.4 is 5.73 Å². The number of nitrogens with zero attached hydrogens (tertiary/aromatic N) is 4. The highest BCUT2D eigenvalue weighted by Crippen LogP contribution is 2.22. The molecule has 0 aliphatic carbocycles. The maximum atomic E-state index is 9.82. The molecule has 74 valence electrons. The van der Waals surface area contributed by atoms with E-state index in [0.717, 1.165) is 0 Å². The van der Waals surface area contributed by atoms with Crippen molar-refractivity contribution in [3.8, 4) is 0 Å². The molecule has 0 fully saturated rings. The van der Waals surface area contributed by atoms with Gasteiger partial charge in [0, 0.05) is 12.6 Å². The van der Waals surface area contributed by atoms with Crippen LogP contribution >= 0.6 is 0 Å². The van der Waals surface area contributed by atoms with Crippen molar-refractivity contribution in [1.82, 2.24) is 25.2 Å². The van der Waals surface area contributed by atoms with Crippen molar-refractivity contribution in [2.24, 2.45) is 7.05 Å². The summed E-state index contributed by atoms with van der Waals surface area (Å²) in [6, 6.07) is 0. The molecule has 0 spiro atoms. The third kappa shape index (κ3) is 1.33. The zero-order valence-electron chi connectivity index (χ0n) is 7.55. The van der Waals surface area contributed by atoms with Crippen LogP contribution in [0.15, 0.2) is 12.4 Å². The molecule has 7 nitrogen and oxygen atoms in total. The lowest BCUT2D eigenvalue weighted by Gasteiger charge is -2.04. The third-order valence-electron chi connectivity index (χ3n) is 1.89. The second-order valence-electron chi connectivity index (χ2n) is 2.90. The molecule has 0 aliphatic heterocycles. The summed E-state index contributed by atoms with van der Waals surface area (Å²) in [5, 5.41) is 23.9. The number of anilines is 1. The summed E-state index contributed by atoms with van der Waals surface area (Å²) in [5.41, 5.74) is 6.50. The number of rotatable bonds is 2. The average molecular weight is 194 g/mol. The average Bonchev–Trinajstić information content (AvgIpc) is 2.73. The van der Waals surface area contributed by atoms with Gasteiger partial charge in [0.15, 0.2) is 0 Å². The molecular formula is C7H10N6O. The number of nitrogens with two attached hydrogens (primary N) is 1. The molecular weight excluding hydrogens is 184 g/mol. The molecule has 0 aliphatic rings. The summed E-state index contributed by atoms with van der Waals surface area (Å²) in [4.78, 5) is 1.37. The summed E-state index contributed by atoms with van der Waals surface area (Å²) in [7, 11) is 1.68. The van der Waals surface area contributed by atoms with Gasteiger partial charge in [0.25, 0.3) is 0 Å². The standard InChI is InChI=1S/C7H10N6O/c1-13-10-3-5(12-13)6(14)4-2-9-11-7(4)8/h2-3,6,14H,1H3,(H3,8,9,11). The van der Waals surface area contributed by atoms with Crippen LogP contribution in [0.5, 0.6) is 0 Å². The Morgan fingerprint density at radius 3 is 2.86 bits per heavy atom.